The maximum atomic E-state index is 12.3. The number of ether oxygens (including phenoxy) is 1. The maximum Gasteiger partial charge on any atom is 0.324 e. The summed E-state index contributed by atoms with van der Waals surface area (Å²) in [7, 11) is -3.90. The monoisotopic (exact) mass is 418 g/mol. The molecule has 2 rings (SSSR count). The summed E-state index contributed by atoms with van der Waals surface area (Å²) >= 11 is 0. The highest BCUT2D eigenvalue weighted by atomic mass is 32.2. The van der Waals surface area contributed by atoms with Crippen LogP contribution >= 0.6 is 0 Å². The Morgan fingerprint density at radius 2 is 1.52 bits per heavy atom. The highest BCUT2D eigenvalue weighted by Gasteiger charge is 2.26. The SMILES string of the molecule is CC(=O)c1ccc(NC(=O)C(C)OC(=O)[C@H](C)NS(=O)(=O)c2ccccc2)cc1. The highest BCUT2D eigenvalue weighted by molar-refractivity contribution is 7.89. The van der Waals surface area contributed by atoms with Gasteiger partial charge in [-0.2, -0.15) is 4.72 Å². The van der Waals surface area contributed by atoms with E-state index in [2.05, 4.69) is 10.0 Å². The first-order valence-electron chi connectivity index (χ1n) is 8.80. The van der Waals surface area contributed by atoms with Crippen molar-refractivity contribution in [2.24, 2.45) is 0 Å². The van der Waals surface area contributed by atoms with Gasteiger partial charge < -0.3 is 10.1 Å². The summed E-state index contributed by atoms with van der Waals surface area (Å²) in [5.41, 5.74) is 0.933. The van der Waals surface area contributed by atoms with E-state index in [0.29, 0.717) is 11.3 Å². The van der Waals surface area contributed by atoms with E-state index in [0.717, 1.165) is 0 Å². The van der Waals surface area contributed by atoms with E-state index in [4.69, 9.17) is 4.74 Å². The lowest BCUT2D eigenvalue weighted by Crippen LogP contribution is -2.42. The zero-order valence-corrected chi connectivity index (χ0v) is 17.0. The van der Waals surface area contributed by atoms with Gasteiger partial charge in [0.05, 0.1) is 4.90 Å². The molecule has 1 amide bonds. The average molecular weight is 418 g/mol. The molecule has 9 heteroatoms. The largest absolute Gasteiger partial charge is 0.451 e. The Labute approximate surface area is 169 Å². The number of carbonyl (C=O) groups excluding carboxylic acids is 3. The van der Waals surface area contributed by atoms with Crippen molar-refractivity contribution in [3.63, 3.8) is 0 Å². The molecule has 0 radical (unpaired) electrons. The van der Waals surface area contributed by atoms with Crippen molar-refractivity contribution in [1.29, 1.82) is 0 Å². The Morgan fingerprint density at radius 1 is 0.931 bits per heavy atom. The van der Waals surface area contributed by atoms with Gasteiger partial charge in [0, 0.05) is 11.3 Å². The van der Waals surface area contributed by atoms with Gasteiger partial charge in [-0.15, -0.1) is 0 Å². The number of sulfonamides is 1. The van der Waals surface area contributed by atoms with Gasteiger partial charge in [-0.05, 0) is 57.2 Å². The molecule has 29 heavy (non-hydrogen) atoms. The molecule has 0 spiro atoms. The lowest BCUT2D eigenvalue weighted by atomic mass is 10.1. The molecule has 0 aliphatic rings. The Hall–Kier alpha value is -3.04. The molecular formula is C20H22N2O6S. The average Bonchev–Trinajstić information content (AvgIpc) is 2.68. The smallest absolute Gasteiger partial charge is 0.324 e. The van der Waals surface area contributed by atoms with Crippen LogP contribution in [-0.2, 0) is 24.3 Å². The van der Waals surface area contributed by atoms with Gasteiger partial charge in [-0.25, -0.2) is 8.42 Å². The Morgan fingerprint density at radius 3 is 2.07 bits per heavy atom. The van der Waals surface area contributed by atoms with Gasteiger partial charge in [0.1, 0.15) is 6.04 Å². The summed E-state index contributed by atoms with van der Waals surface area (Å²) in [6.45, 7) is 4.13. The first-order valence-corrected chi connectivity index (χ1v) is 10.3. The van der Waals surface area contributed by atoms with Crippen molar-refractivity contribution >= 4 is 33.4 Å². The molecule has 0 saturated heterocycles. The standard InChI is InChI=1S/C20H22N2O6S/c1-13(22-29(26,27)18-7-5-4-6-8-18)20(25)28-15(3)19(24)21-17-11-9-16(10-12-17)14(2)23/h4-13,15,22H,1-3H3,(H,21,24)/t13-,15?/m0/s1. The zero-order valence-electron chi connectivity index (χ0n) is 16.2. The van der Waals surface area contributed by atoms with Crippen molar-refractivity contribution in [3.8, 4) is 0 Å². The van der Waals surface area contributed by atoms with Crippen LogP contribution in [0.4, 0.5) is 5.69 Å². The number of benzene rings is 2. The number of ketones is 1. The molecule has 0 saturated carbocycles. The fourth-order valence-corrected chi connectivity index (χ4v) is 3.52. The number of nitrogens with one attached hydrogen (secondary N) is 2. The van der Waals surface area contributed by atoms with Crippen LogP contribution in [0.5, 0.6) is 0 Å². The van der Waals surface area contributed by atoms with Gasteiger partial charge in [-0.3, -0.25) is 14.4 Å². The van der Waals surface area contributed by atoms with E-state index < -0.39 is 34.0 Å². The number of amides is 1. The van der Waals surface area contributed by atoms with Crippen molar-refractivity contribution in [2.45, 2.75) is 37.8 Å². The van der Waals surface area contributed by atoms with Crippen LogP contribution in [0, 0.1) is 0 Å². The molecule has 0 fully saturated rings. The molecule has 0 bridgehead atoms. The quantitative estimate of drug-likeness (QED) is 0.501. The van der Waals surface area contributed by atoms with Crippen molar-refractivity contribution in [3.05, 3.63) is 60.2 Å². The fraction of sp³-hybridized carbons (Fsp3) is 0.250. The van der Waals surface area contributed by atoms with E-state index >= 15 is 0 Å². The van der Waals surface area contributed by atoms with Crippen molar-refractivity contribution < 1.29 is 27.5 Å². The van der Waals surface area contributed by atoms with Crippen LogP contribution in [0.25, 0.3) is 0 Å². The third-order valence-corrected chi connectivity index (χ3v) is 5.52. The summed E-state index contributed by atoms with van der Waals surface area (Å²) in [4.78, 5) is 35.7. The molecule has 2 aromatic carbocycles. The number of hydrogen-bond donors (Lipinski definition) is 2. The van der Waals surface area contributed by atoms with Gasteiger partial charge in [0.2, 0.25) is 10.0 Å². The summed E-state index contributed by atoms with van der Waals surface area (Å²) in [6.07, 6.45) is -1.15. The first-order chi connectivity index (χ1) is 13.6. The molecule has 154 valence electrons. The number of esters is 1. The molecule has 1 unspecified atom stereocenters. The maximum absolute atomic E-state index is 12.3. The topological polar surface area (TPSA) is 119 Å². The summed E-state index contributed by atoms with van der Waals surface area (Å²) in [6, 6.07) is 12.6. The molecule has 2 atom stereocenters. The van der Waals surface area contributed by atoms with Gasteiger partial charge >= 0.3 is 5.97 Å². The minimum atomic E-state index is -3.90. The van der Waals surface area contributed by atoms with E-state index in [9.17, 15) is 22.8 Å². The van der Waals surface area contributed by atoms with E-state index in [1.807, 2.05) is 0 Å². The normalized spacial score (nSPS) is 13.2. The summed E-state index contributed by atoms with van der Waals surface area (Å²) in [5, 5.41) is 2.56. The minimum absolute atomic E-state index is 0.0134. The molecule has 8 nitrogen and oxygen atoms in total. The van der Waals surface area contributed by atoms with E-state index in [-0.39, 0.29) is 10.7 Å². The van der Waals surface area contributed by atoms with Gasteiger partial charge in [-0.1, -0.05) is 18.2 Å². The predicted molar refractivity (Wildman–Crippen MR) is 107 cm³/mol. The number of carbonyl (C=O) groups is 3. The second-order valence-corrected chi connectivity index (χ2v) is 8.07. The van der Waals surface area contributed by atoms with Crippen LogP contribution in [0.15, 0.2) is 59.5 Å². The van der Waals surface area contributed by atoms with E-state index in [1.54, 1.807) is 42.5 Å². The number of hydrogen-bond acceptors (Lipinski definition) is 6. The van der Waals surface area contributed by atoms with Gasteiger partial charge in [0.25, 0.3) is 5.91 Å². The summed E-state index contributed by atoms with van der Waals surface area (Å²) in [5.74, 6) is -1.58. The van der Waals surface area contributed by atoms with E-state index in [1.165, 1.54) is 32.9 Å². The highest BCUT2D eigenvalue weighted by Crippen LogP contribution is 2.12. The molecule has 0 aromatic heterocycles. The molecule has 0 heterocycles. The number of rotatable bonds is 8. The lowest BCUT2D eigenvalue weighted by molar-refractivity contribution is -0.154. The van der Waals surface area contributed by atoms with Gasteiger partial charge in [0.15, 0.2) is 11.9 Å². The first kappa shape index (κ1) is 22.3. The Balaban J connectivity index is 1.93. The third kappa shape index (κ3) is 6.23. The van der Waals surface area contributed by atoms with Crippen LogP contribution in [0.1, 0.15) is 31.1 Å². The third-order valence-electron chi connectivity index (χ3n) is 3.96. The van der Waals surface area contributed by atoms with Crippen LogP contribution in [0.3, 0.4) is 0 Å². The fourth-order valence-electron chi connectivity index (χ4n) is 2.31. The molecule has 2 aromatic rings. The number of anilines is 1. The lowest BCUT2D eigenvalue weighted by Gasteiger charge is -2.17. The predicted octanol–water partition coefficient (Wildman–Crippen LogP) is 2.13. The number of Topliss-reactive ketones (excluding diaryl/α,β-unsaturated/α-hetero) is 1. The van der Waals surface area contributed by atoms with Crippen LogP contribution in [0.2, 0.25) is 0 Å². The minimum Gasteiger partial charge on any atom is -0.451 e. The Bertz CT molecular complexity index is 987. The van der Waals surface area contributed by atoms with Crippen molar-refractivity contribution in [2.75, 3.05) is 5.32 Å². The second-order valence-electron chi connectivity index (χ2n) is 6.36. The molecular weight excluding hydrogens is 396 g/mol. The molecule has 0 aliphatic heterocycles. The Kier molecular flexibility index (Phi) is 7.24. The second kappa shape index (κ2) is 9.44. The van der Waals surface area contributed by atoms with Crippen LogP contribution in [-0.4, -0.2) is 38.2 Å². The van der Waals surface area contributed by atoms with Crippen LogP contribution < -0.4 is 10.0 Å². The summed E-state index contributed by atoms with van der Waals surface area (Å²) < 4.78 is 31.8. The zero-order chi connectivity index (χ0) is 21.6. The molecule has 2 N–H and O–H groups in total. The van der Waals surface area contributed by atoms with Crippen molar-refractivity contribution in [1.82, 2.24) is 4.72 Å². The molecule has 0 aliphatic carbocycles.